The second-order valence-electron chi connectivity index (χ2n) is 4.66. The van der Waals surface area contributed by atoms with Crippen molar-refractivity contribution in [2.45, 2.75) is 0 Å². The highest BCUT2D eigenvalue weighted by atomic mass is 16.6. The maximum atomic E-state index is 12.2. The van der Waals surface area contributed by atoms with Crippen LogP contribution in [0.25, 0.3) is 10.9 Å². The summed E-state index contributed by atoms with van der Waals surface area (Å²) in [7, 11) is 0. The maximum Gasteiger partial charge on any atom is 0.292 e. The number of hydrogen-bond acceptors (Lipinski definition) is 5. The van der Waals surface area contributed by atoms with Crippen LogP contribution in [-0.2, 0) is 0 Å². The average Bonchev–Trinajstić information content (AvgIpc) is 2.94. The van der Waals surface area contributed by atoms with Crippen molar-refractivity contribution in [3.05, 3.63) is 58.3 Å². The van der Waals surface area contributed by atoms with Gasteiger partial charge in [0.25, 0.3) is 11.6 Å². The number of rotatable bonds is 3. The molecule has 3 rings (SSSR count). The molecular weight excluding hydrogens is 286 g/mol. The minimum atomic E-state index is -0.621. The molecule has 0 unspecified atom stereocenters. The SMILES string of the molecule is Nc1ccc(C(=O)Nc2ccc3[nH]ncc3c2)cc1[N+](=O)[O-]. The normalized spacial score (nSPS) is 10.5. The van der Waals surface area contributed by atoms with Crippen LogP contribution in [0.1, 0.15) is 10.4 Å². The molecular formula is C14H11N5O3. The van der Waals surface area contributed by atoms with Crippen LogP contribution < -0.4 is 11.1 Å². The number of carbonyl (C=O) groups is 1. The Hall–Kier alpha value is -3.42. The lowest BCUT2D eigenvalue weighted by Crippen LogP contribution is -2.12. The third-order valence-corrected chi connectivity index (χ3v) is 3.19. The molecule has 0 aliphatic heterocycles. The van der Waals surface area contributed by atoms with Crippen molar-refractivity contribution in [1.29, 1.82) is 0 Å². The molecule has 1 aromatic heterocycles. The molecule has 8 heteroatoms. The number of H-pyrrole nitrogens is 1. The first kappa shape index (κ1) is 13.6. The van der Waals surface area contributed by atoms with E-state index in [1.807, 2.05) is 0 Å². The van der Waals surface area contributed by atoms with Crippen molar-refractivity contribution in [1.82, 2.24) is 10.2 Å². The third kappa shape index (κ3) is 2.44. The number of nitro benzene ring substituents is 1. The van der Waals surface area contributed by atoms with Crippen LogP contribution in [0.3, 0.4) is 0 Å². The van der Waals surface area contributed by atoms with E-state index in [0.29, 0.717) is 5.69 Å². The summed E-state index contributed by atoms with van der Waals surface area (Å²) in [6.07, 6.45) is 1.64. The van der Waals surface area contributed by atoms with Crippen LogP contribution >= 0.6 is 0 Å². The topological polar surface area (TPSA) is 127 Å². The zero-order valence-corrected chi connectivity index (χ0v) is 11.2. The van der Waals surface area contributed by atoms with Gasteiger partial charge in [-0.25, -0.2) is 0 Å². The highest BCUT2D eigenvalue weighted by Gasteiger charge is 2.15. The predicted molar refractivity (Wildman–Crippen MR) is 81.6 cm³/mol. The average molecular weight is 297 g/mol. The lowest BCUT2D eigenvalue weighted by atomic mass is 10.1. The Morgan fingerprint density at radius 1 is 1.27 bits per heavy atom. The number of carbonyl (C=O) groups excluding carboxylic acids is 1. The van der Waals surface area contributed by atoms with Gasteiger partial charge in [0, 0.05) is 22.7 Å². The first-order valence-corrected chi connectivity index (χ1v) is 6.33. The number of nitrogens with zero attached hydrogens (tertiary/aromatic N) is 2. The van der Waals surface area contributed by atoms with Crippen LogP contribution in [0.2, 0.25) is 0 Å². The minimum Gasteiger partial charge on any atom is -0.393 e. The zero-order valence-electron chi connectivity index (χ0n) is 11.2. The fraction of sp³-hybridized carbons (Fsp3) is 0. The van der Waals surface area contributed by atoms with Gasteiger partial charge in [-0.3, -0.25) is 20.0 Å². The highest BCUT2D eigenvalue weighted by molar-refractivity contribution is 6.05. The number of benzene rings is 2. The molecule has 8 nitrogen and oxygen atoms in total. The molecule has 0 aliphatic carbocycles. The summed E-state index contributed by atoms with van der Waals surface area (Å²) < 4.78 is 0. The van der Waals surface area contributed by atoms with Crippen LogP contribution in [-0.4, -0.2) is 21.0 Å². The van der Waals surface area contributed by atoms with E-state index in [1.54, 1.807) is 24.4 Å². The van der Waals surface area contributed by atoms with Crippen molar-refractivity contribution in [2.75, 3.05) is 11.1 Å². The van der Waals surface area contributed by atoms with Gasteiger partial charge in [0.05, 0.1) is 16.6 Å². The van der Waals surface area contributed by atoms with E-state index in [2.05, 4.69) is 15.5 Å². The number of hydrogen-bond donors (Lipinski definition) is 3. The molecule has 4 N–H and O–H groups in total. The van der Waals surface area contributed by atoms with Gasteiger partial charge in [-0.2, -0.15) is 5.10 Å². The van der Waals surface area contributed by atoms with E-state index in [4.69, 9.17) is 5.73 Å². The quantitative estimate of drug-likeness (QED) is 0.388. The van der Waals surface area contributed by atoms with E-state index in [9.17, 15) is 14.9 Å². The Morgan fingerprint density at radius 2 is 2.09 bits per heavy atom. The molecule has 2 aromatic carbocycles. The Bertz CT molecular complexity index is 887. The Morgan fingerprint density at radius 3 is 2.86 bits per heavy atom. The summed E-state index contributed by atoms with van der Waals surface area (Å²) in [5, 5.41) is 21.1. The van der Waals surface area contributed by atoms with Gasteiger partial charge in [-0.1, -0.05) is 0 Å². The van der Waals surface area contributed by atoms with E-state index in [-0.39, 0.29) is 16.9 Å². The summed E-state index contributed by atoms with van der Waals surface area (Å²) in [6, 6.07) is 9.18. The van der Waals surface area contributed by atoms with E-state index >= 15 is 0 Å². The fourth-order valence-electron chi connectivity index (χ4n) is 2.07. The molecule has 0 saturated heterocycles. The van der Waals surface area contributed by atoms with Gasteiger partial charge < -0.3 is 11.1 Å². The third-order valence-electron chi connectivity index (χ3n) is 3.19. The molecule has 1 amide bonds. The maximum absolute atomic E-state index is 12.2. The lowest BCUT2D eigenvalue weighted by molar-refractivity contribution is -0.383. The largest absolute Gasteiger partial charge is 0.393 e. The molecule has 0 saturated carbocycles. The molecule has 0 fully saturated rings. The van der Waals surface area contributed by atoms with Crippen molar-refractivity contribution in [3.63, 3.8) is 0 Å². The number of amides is 1. The first-order valence-electron chi connectivity index (χ1n) is 6.33. The molecule has 0 bridgehead atoms. The Labute approximate surface area is 124 Å². The molecule has 0 spiro atoms. The minimum absolute atomic E-state index is 0.0152. The smallest absolute Gasteiger partial charge is 0.292 e. The van der Waals surface area contributed by atoms with Crippen LogP contribution in [0, 0.1) is 10.1 Å². The number of anilines is 2. The van der Waals surface area contributed by atoms with Gasteiger partial charge in [0.1, 0.15) is 5.69 Å². The number of nitrogen functional groups attached to an aromatic ring is 1. The number of aromatic amines is 1. The Kier molecular flexibility index (Phi) is 3.18. The summed E-state index contributed by atoms with van der Waals surface area (Å²) in [4.78, 5) is 22.4. The first-order chi connectivity index (χ1) is 10.5. The monoisotopic (exact) mass is 297 g/mol. The van der Waals surface area contributed by atoms with Crippen molar-refractivity contribution in [3.8, 4) is 0 Å². The lowest BCUT2D eigenvalue weighted by Gasteiger charge is -2.06. The predicted octanol–water partition coefficient (Wildman–Crippen LogP) is 2.31. The van der Waals surface area contributed by atoms with Crippen LogP contribution in [0.5, 0.6) is 0 Å². The molecule has 22 heavy (non-hydrogen) atoms. The van der Waals surface area contributed by atoms with Crippen LogP contribution in [0.4, 0.5) is 17.1 Å². The molecule has 110 valence electrons. The number of nitro groups is 1. The number of aromatic nitrogens is 2. The highest BCUT2D eigenvalue weighted by Crippen LogP contribution is 2.23. The standard InChI is InChI=1S/C14H11N5O3/c15-11-3-1-8(6-13(11)19(21)22)14(20)17-10-2-4-12-9(5-10)7-16-18-12/h1-7H,15H2,(H,16,18)(H,17,20). The van der Waals surface area contributed by atoms with Crippen LogP contribution in [0.15, 0.2) is 42.6 Å². The van der Waals surface area contributed by atoms with Crippen molar-refractivity contribution < 1.29 is 9.72 Å². The van der Waals surface area contributed by atoms with E-state index < -0.39 is 10.8 Å². The number of nitrogens with two attached hydrogens (primary N) is 1. The van der Waals surface area contributed by atoms with Gasteiger partial charge in [-0.05, 0) is 30.3 Å². The van der Waals surface area contributed by atoms with Gasteiger partial charge >= 0.3 is 0 Å². The fourth-order valence-corrected chi connectivity index (χ4v) is 2.07. The van der Waals surface area contributed by atoms with Gasteiger partial charge in [-0.15, -0.1) is 0 Å². The zero-order chi connectivity index (χ0) is 15.7. The molecule has 1 heterocycles. The Balaban J connectivity index is 1.87. The second-order valence-corrected chi connectivity index (χ2v) is 4.66. The van der Waals surface area contributed by atoms with Crippen molar-refractivity contribution >= 4 is 33.9 Å². The van der Waals surface area contributed by atoms with Gasteiger partial charge in [0.15, 0.2) is 0 Å². The second kappa shape index (κ2) is 5.17. The van der Waals surface area contributed by atoms with Crippen molar-refractivity contribution in [2.24, 2.45) is 0 Å². The summed E-state index contributed by atoms with van der Waals surface area (Å²) in [6.45, 7) is 0. The summed E-state index contributed by atoms with van der Waals surface area (Å²) in [5.74, 6) is -0.453. The number of fused-ring (bicyclic) bond motifs is 1. The molecule has 0 aliphatic rings. The summed E-state index contributed by atoms with van der Waals surface area (Å²) >= 11 is 0. The van der Waals surface area contributed by atoms with Gasteiger partial charge in [0.2, 0.25) is 0 Å². The molecule has 0 radical (unpaired) electrons. The number of nitrogens with one attached hydrogen (secondary N) is 2. The van der Waals surface area contributed by atoms with E-state index in [0.717, 1.165) is 17.0 Å². The van der Waals surface area contributed by atoms with E-state index in [1.165, 1.54) is 12.1 Å². The summed E-state index contributed by atoms with van der Waals surface area (Å²) in [5.41, 5.74) is 6.81. The molecule has 3 aromatic rings. The molecule has 0 atom stereocenters.